The third-order valence-corrected chi connectivity index (χ3v) is 5.50. The minimum Gasteiger partial charge on any atom is -0.384 e. The van der Waals surface area contributed by atoms with Crippen LogP contribution in [0.4, 0.5) is 0 Å². The minimum absolute atomic E-state index is 0.0142. The lowest BCUT2D eigenvalue weighted by molar-refractivity contribution is -0.141. The van der Waals surface area contributed by atoms with Crippen molar-refractivity contribution in [1.82, 2.24) is 5.32 Å². The maximum absolute atomic E-state index is 12.5. The molecule has 1 N–H and O–H groups in total. The number of carbonyl (C=O) groups excluding carboxylic acids is 1. The molecule has 0 radical (unpaired) electrons. The summed E-state index contributed by atoms with van der Waals surface area (Å²) in [5, 5.41) is 3.01. The Bertz CT molecular complexity index is 633. The minimum atomic E-state index is -3.20. The molecule has 0 heterocycles. The molecule has 1 aromatic carbocycles. The van der Waals surface area contributed by atoms with Gasteiger partial charge in [0.15, 0.2) is 9.84 Å². The monoisotopic (exact) mass is 325 g/mol. The van der Waals surface area contributed by atoms with Gasteiger partial charge >= 0.3 is 0 Å². The first-order valence-corrected chi connectivity index (χ1v) is 9.27. The third kappa shape index (κ3) is 3.50. The van der Waals surface area contributed by atoms with Crippen molar-refractivity contribution in [3.63, 3.8) is 0 Å². The van der Waals surface area contributed by atoms with Crippen LogP contribution in [0.5, 0.6) is 0 Å². The Morgan fingerprint density at radius 1 is 1.32 bits per heavy atom. The smallest absolute Gasteiger partial charge is 0.229 e. The van der Waals surface area contributed by atoms with Crippen molar-refractivity contribution in [1.29, 1.82) is 0 Å². The molecule has 2 rings (SSSR count). The average Bonchev–Trinajstić information content (AvgIpc) is 2.41. The molecule has 1 fully saturated rings. The van der Waals surface area contributed by atoms with E-state index in [2.05, 4.69) is 5.32 Å². The number of hydrogen-bond donors (Lipinski definition) is 1. The van der Waals surface area contributed by atoms with Gasteiger partial charge in [-0.1, -0.05) is 18.6 Å². The van der Waals surface area contributed by atoms with Gasteiger partial charge in [0.1, 0.15) is 0 Å². The molecule has 0 aliphatic heterocycles. The SMILES string of the molecule is COCC1(C(=O)N[C@@H](C)c2ccc(S(C)(=O)=O)cc2)CCC1. The molecule has 5 nitrogen and oxygen atoms in total. The number of amides is 1. The Balaban J connectivity index is 2.06. The van der Waals surface area contributed by atoms with Gasteiger partial charge in [0.05, 0.1) is 23.0 Å². The zero-order valence-electron chi connectivity index (χ0n) is 13.3. The number of benzene rings is 1. The maximum Gasteiger partial charge on any atom is 0.229 e. The van der Waals surface area contributed by atoms with Crippen molar-refractivity contribution >= 4 is 15.7 Å². The number of ether oxygens (including phenoxy) is 1. The van der Waals surface area contributed by atoms with Crippen LogP contribution in [0, 0.1) is 5.41 Å². The van der Waals surface area contributed by atoms with Gasteiger partial charge < -0.3 is 10.1 Å². The lowest BCUT2D eigenvalue weighted by Gasteiger charge is -2.40. The summed E-state index contributed by atoms with van der Waals surface area (Å²) in [6.45, 7) is 2.34. The van der Waals surface area contributed by atoms with Gasteiger partial charge in [-0.05, 0) is 37.5 Å². The Kier molecular flexibility index (Phi) is 4.92. The van der Waals surface area contributed by atoms with Crippen LogP contribution in [0.3, 0.4) is 0 Å². The predicted molar refractivity (Wildman–Crippen MR) is 84.3 cm³/mol. The molecule has 22 heavy (non-hydrogen) atoms. The molecule has 0 bridgehead atoms. The van der Waals surface area contributed by atoms with E-state index in [9.17, 15) is 13.2 Å². The van der Waals surface area contributed by atoms with Gasteiger partial charge in [-0.3, -0.25) is 4.79 Å². The standard InChI is InChI=1S/C16H23NO4S/c1-12(13-5-7-14(8-6-13)22(3,19)20)17-15(18)16(11-21-2)9-4-10-16/h5-8,12H,4,9-11H2,1-3H3,(H,17,18)/t12-/m0/s1. The van der Waals surface area contributed by atoms with Crippen molar-refractivity contribution in [3.05, 3.63) is 29.8 Å². The Morgan fingerprint density at radius 2 is 1.91 bits per heavy atom. The topological polar surface area (TPSA) is 72.5 Å². The molecule has 6 heteroatoms. The zero-order chi connectivity index (χ0) is 16.4. The number of hydrogen-bond acceptors (Lipinski definition) is 4. The van der Waals surface area contributed by atoms with Gasteiger partial charge in [0.25, 0.3) is 0 Å². The van der Waals surface area contributed by atoms with Crippen molar-refractivity contribution < 1.29 is 17.9 Å². The first-order chi connectivity index (χ1) is 10.3. The molecular weight excluding hydrogens is 302 g/mol. The Labute approximate surface area is 132 Å². The van der Waals surface area contributed by atoms with Gasteiger partial charge in [-0.25, -0.2) is 8.42 Å². The molecule has 1 aliphatic carbocycles. The van der Waals surface area contributed by atoms with Crippen LogP contribution in [0.2, 0.25) is 0 Å². The summed E-state index contributed by atoms with van der Waals surface area (Å²) in [6, 6.07) is 6.45. The summed E-state index contributed by atoms with van der Waals surface area (Å²) >= 11 is 0. The first-order valence-electron chi connectivity index (χ1n) is 7.38. The highest BCUT2D eigenvalue weighted by molar-refractivity contribution is 7.90. The molecule has 1 atom stereocenters. The summed E-state index contributed by atoms with van der Waals surface area (Å²) in [7, 11) is -1.59. The second-order valence-corrected chi connectivity index (χ2v) is 8.12. The normalized spacial score (nSPS) is 18.3. The van der Waals surface area contributed by atoms with E-state index in [1.807, 2.05) is 6.92 Å². The summed E-state index contributed by atoms with van der Waals surface area (Å²) in [6.07, 6.45) is 3.94. The number of nitrogens with one attached hydrogen (secondary N) is 1. The summed E-state index contributed by atoms with van der Waals surface area (Å²) in [4.78, 5) is 12.7. The highest BCUT2D eigenvalue weighted by atomic mass is 32.2. The van der Waals surface area contributed by atoms with E-state index in [0.29, 0.717) is 6.61 Å². The fourth-order valence-corrected chi connectivity index (χ4v) is 3.38. The van der Waals surface area contributed by atoms with Crippen LogP contribution >= 0.6 is 0 Å². The van der Waals surface area contributed by atoms with Crippen LogP contribution in [-0.4, -0.2) is 34.3 Å². The molecule has 0 spiro atoms. The van der Waals surface area contributed by atoms with Gasteiger partial charge in [0.2, 0.25) is 5.91 Å². The fourth-order valence-electron chi connectivity index (χ4n) is 2.75. The van der Waals surface area contributed by atoms with E-state index in [-0.39, 0.29) is 16.8 Å². The van der Waals surface area contributed by atoms with E-state index >= 15 is 0 Å². The van der Waals surface area contributed by atoms with Crippen molar-refractivity contribution in [2.75, 3.05) is 20.0 Å². The van der Waals surface area contributed by atoms with Crippen LogP contribution in [0.15, 0.2) is 29.2 Å². The Hall–Kier alpha value is -1.40. The van der Waals surface area contributed by atoms with Crippen LogP contribution in [0.25, 0.3) is 0 Å². The van der Waals surface area contributed by atoms with Crippen molar-refractivity contribution in [2.24, 2.45) is 5.41 Å². The zero-order valence-corrected chi connectivity index (χ0v) is 14.1. The summed E-state index contributed by atoms with van der Waals surface area (Å²) < 4.78 is 28.1. The Morgan fingerprint density at radius 3 is 2.32 bits per heavy atom. The molecule has 122 valence electrons. The molecule has 1 aliphatic rings. The van der Waals surface area contributed by atoms with E-state index in [1.165, 1.54) is 6.26 Å². The number of methoxy groups -OCH3 is 1. The average molecular weight is 325 g/mol. The van der Waals surface area contributed by atoms with Crippen LogP contribution in [-0.2, 0) is 19.4 Å². The van der Waals surface area contributed by atoms with E-state index in [1.54, 1.807) is 31.4 Å². The third-order valence-electron chi connectivity index (χ3n) is 4.37. The van der Waals surface area contributed by atoms with E-state index in [4.69, 9.17) is 4.74 Å². The maximum atomic E-state index is 12.5. The van der Waals surface area contributed by atoms with E-state index in [0.717, 1.165) is 24.8 Å². The van der Waals surface area contributed by atoms with Crippen molar-refractivity contribution in [2.45, 2.75) is 37.1 Å². The number of carbonyl (C=O) groups is 1. The van der Waals surface area contributed by atoms with Crippen LogP contribution in [0.1, 0.15) is 37.8 Å². The molecule has 0 aromatic heterocycles. The number of sulfone groups is 1. The molecule has 0 unspecified atom stereocenters. The lowest BCUT2D eigenvalue weighted by atomic mass is 9.68. The number of rotatable bonds is 6. The molecular formula is C16H23NO4S. The molecule has 1 saturated carbocycles. The van der Waals surface area contributed by atoms with E-state index < -0.39 is 15.3 Å². The van der Waals surface area contributed by atoms with Crippen LogP contribution < -0.4 is 5.32 Å². The van der Waals surface area contributed by atoms with Crippen molar-refractivity contribution in [3.8, 4) is 0 Å². The first kappa shape index (κ1) is 17.0. The molecule has 1 aromatic rings. The summed E-state index contributed by atoms with van der Waals surface area (Å²) in [5.41, 5.74) is 0.489. The highest BCUT2D eigenvalue weighted by Crippen LogP contribution is 2.41. The summed E-state index contributed by atoms with van der Waals surface area (Å²) in [5.74, 6) is 0.0142. The lowest BCUT2D eigenvalue weighted by Crippen LogP contribution is -2.49. The second-order valence-electron chi connectivity index (χ2n) is 6.10. The largest absolute Gasteiger partial charge is 0.384 e. The predicted octanol–water partition coefficient (Wildman–Crippen LogP) is 2.08. The highest BCUT2D eigenvalue weighted by Gasteiger charge is 2.44. The quantitative estimate of drug-likeness (QED) is 0.869. The molecule has 0 saturated heterocycles. The van der Waals surface area contributed by atoms with Gasteiger partial charge in [-0.2, -0.15) is 0 Å². The molecule has 1 amide bonds. The fraction of sp³-hybridized carbons (Fsp3) is 0.562. The van der Waals surface area contributed by atoms with Gasteiger partial charge in [0, 0.05) is 13.4 Å². The van der Waals surface area contributed by atoms with Gasteiger partial charge in [-0.15, -0.1) is 0 Å². The second kappa shape index (κ2) is 6.38.